The van der Waals surface area contributed by atoms with Crippen molar-refractivity contribution in [3.05, 3.63) is 48.0 Å². The van der Waals surface area contributed by atoms with E-state index in [4.69, 9.17) is 0 Å². The van der Waals surface area contributed by atoms with Crippen LogP contribution in [0.5, 0.6) is 11.5 Å². The van der Waals surface area contributed by atoms with Crippen molar-refractivity contribution in [1.29, 1.82) is 0 Å². The second-order valence-corrected chi connectivity index (χ2v) is 7.24. The van der Waals surface area contributed by atoms with Crippen LogP contribution >= 0.6 is 0 Å². The van der Waals surface area contributed by atoms with E-state index >= 15 is 0 Å². The number of piperazine rings is 1. The zero-order chi connectivity index (χ0) is 21.3. The molecule has 0 spiro atoms. The highest BCUT2D eigenvalue weighted by molar-refractivity contribution is 5.94. The van der Waals surface area contributed by atoms with Crippen molar-refractivity contribution in [2.24, 2.45) is 0 Å². The minimum Gasteiger partial charge on any atom is -0.395 e. The molecule has 158 valence electrons. The maximum Gasteiger partial charge on any atom is 0.586 e. The van der Waals surface area contributed by atoms with Gasteiger partial charge in [-0.15, -0.1) is 8.78 Å². The highest BCUT2D eigenvalue weighted by Gasteiger charge is 2.43. The van der Waals surface area contributed by atoms with Gasteiger partial charge in [0.05, 0.1) is 6.54 Å². The number of carbonyl (C=O) groups excluding carboxylic acids is 2. The number of anilines is 2. The number of rotatable bonds is 5. The number of benzene rings is 2. The molecule has 9 heteroatoms. The van der Waals surface area contributed by atoms with Crippen LogP contribution in [0.3, 0.4) is 0 Å². The van der Waals surface area contributed by atoms with Crippen molar-refractivity contribution in [2.45, 2.75) is 13.2 Å². The zero-order valence-corrected chi connectivity index (χ0v) is 16.4. The Hall–Kier alpha value is -3.20. The standard InChI is InChI=1S/C21H21F2N3O4/c1-14(27)15-2-5-17(6-3-15)26-10-8-25(9-11-26)13-20(28)24-16-4-7-18-19(12-16)30-21(22,23)29-18/h2-7,12H,8-11,13H2,1H3,(H,24,28). The normalized spacial score (nSPS) is 17.6. The van der Waals surface area contributed by atoms with E-state index in [0.717, 1.165) is 18.8 Å². The van der Waals surface area contributed by atoms with Crippen LogP contribution in [0.25, 0.3) is 0 Å². The van der Waals surface area contributed by atoms with Crippen molar-refractivity contribution < 1.29 is 27.8 Å². The van der Waals surface area contributed by atoms with Crippen LogP contribution in [0, 0.1) is 0 Å². The molecule has 0 radical (unpaired) electrons. The lowest BCUT2D eigenvalue weighted by Gasteiger charge is -2.35. The summed E-state index contributed by atoms with van der Waals surface area (Å²) >= 11 is 0. The van der Waals surface area contributed by atoms with Gasteiger partial charge < -0.3 is 19.7 Å². The number of amides is 1. The Morgan fingerprint density at radius 2 is 1.67 bits per heavy atom. The minimum atomic E-state index is -3.68. The average Bonchev–Trinajstić information content (AvgIpc) is 3.01. The van der Waals surface area contributed by atoms with Crippen molar-refractivity contribution in [3.8, 4) is 11.5 Å². The first kappa shape index (κ1) is 20.1. The smallest absolute Gasteiger partial charge is 0.395 e. The molecule has 2 aromatic rings. The first-order valence-corrected chi connectivity index (χ1v) is 9.57. The molecular weight excluding hydrogens is 396 g/mol. The largest absolute Gasteiger partial charge is 0.586 e. The summed E-state index contributed by atoms with van der Waals surface area (Å²) in [4.78, 5) is 28.0. The summed E-state index contributed by atoms with van der Waals surface area (Å²) in [7, 11) is 0. The number of nitrogens with one attached hydrogen (secondary N) is 1. The molecule has 2 aliphatic rings. The molecule has 2 aliphatic heterocycles. The first-order valence-electron chi connectivity index (χ1n) is 9.57. The van der Waals surface area contributed by atoms with E-state index in [1.54, 1.807) is 0 Å². The second-order valence-electron chi connectivity index (χ2n) is 7.24. The van der Waals surface area contributed by atoms with E-state index in [9.17, 15) is 18.4 Å². The molecule has 7 nitrogen and oxygen atoms in total. The quantitative estimate of drug-likeness (QED) is 0.755. The summed E-state index contributed by atoms with van der Waals surface area (Å²) in [6, 6.07) is 11.6. The summed E-state index contributed by atoms with van der Waals surface area (Å²) in [5.74, 6) is -0.374. The molecule has 2 heterocycles. The highest BCUT2D eigenvalue weighted by Crippen LogP contribution is 2.42. The third kappa shape index (κ3) is 4.51. The lowest BCUT2D eigenvalue weighted by Crippen LogP contribution is -2.48. The van der Waals surface area contributed by atoms with Gasteiger partial charge in [-0.1, -0.05) is 0 Å². The third-order valence-electron chi connectivity index (χ3n) is 5.06. The Labute approximate surface area is 172 Å². The lowest BCUT2D eigenvalue weighted by molar-refractivity contribution is -0.286. The number of fused-ring (bicyclic) bond motifs is 1. The van der Waals surface area contributed by atoms with Crippen LogP contribution in [0.15, 0.2) is 42.5 Å². The van der Waals surface area contributed by atoms with Gasteiger partial charge in [-0.2, -0.15) is 0 Å². The zero-order valence-electron chi connectivity index (χ0n) is 16.4. The summed E-state index contributed by atoms with van der Waals surface area (Å²) < 4.78 is 34.9. The van der Waals surface area contributed by atoms with Gasteiger partial charge in [0, 0.05) is 49.2 Å². The second kappa shape index (κ2) is 7.91. The van der Waals surface area contributed by atoms with Crippen molar-refractivity contribution in [1.82, 2.24) is 4.90 Å². The van der Waals surface area contributed by atoms with Gasteiger partial charge in [-0.25, -0.2) is 0 Å². The number of hydrogen-bond acceptors (Lipinski definition) is 6. The van der Waals surface area contributed by atoms with Crippen molar-refractivity contribution in [3.63, 3.8) is 0 Å². The Morgan fingerprint density at radius 3 is 2.33 bits per heavy atom. The molecule has 1 saturated heterocycles. The van der Waals surface area contributed by atoms with Crippen LogP contribution < -0.4 is 19.7 Å². The van der Waals surface area contributed by atoms with Crippen LogP contribution in [0.4, 0.5) is 20.2 Å². The van der Waals surface area contributed by atoms with Gasteiger partial charge in [-0.3, -0.25) is 14.5 Å². The Balaban J connectivity index is 1.27. The fourth-order valence-electron chi connectivity index (χ4n) is 3.50. The monoisotopic (exact) mass is 417 g/mol. The topological polar surface area (TPSA) is 71.1 Å². The van der Waals surface area contributed by atoms with Crippen LogP contribution in [0.1, 0.15) is 17.3 Å². The number of nitrogens with zero attached hydrogens (tertiary/aromatic N) is 2. The molecule has 30 heavy (non-hydrogen) atoms. The van der Waals surface area contributed by atoms with Gasteiger partial charge in [0.25, 0.3) is 0 Å². The molecule has 0 aromatic heterocycles. The maximum absolute atomic E-state index is 13.1. The van der Waals surface area contributed by atoms with Crippen molar-refractivity contribution >= 4 is 23.1 Å². The third-order valence-corrected chi connectivity index (χ3v) is 5.06. The molecule has 0 saturated carbocycles. The number of Topliss-reactive ketones (excluding diaryl/α,β-unsaturated/α-hetero) is 1. The molecule has 4 rings (SSSR count). The minimum absolute atomic E-state index is 0.0357. The Bertz CT molecular complexity index is 957. The SMILES string of the molecule is CC(=O)c1ccc(N2CCN(CC(=O)Nc3ccc4c(c3)OC(F)(F)O4)CC2)cc1. The number of ketones is 1. The van der Waals surface area contributed by atoms with Gasteiger partial charge in [0.1, 0.15) is 0 Å². The molecule has 1 fully saturated rings. The van der Waals surface area contributed by atoms with Gasteiger partial charge >= 0.3 is 6.29 Å². The van der Waals surface area contributed by atoms with Crippen molar-refractivity contribution in [2.75, 3.05) is 42.9 Å². The van der Waals surface area contributed by atoms with Gasteiger partial charge in [0.2, 0.25) is 5.91 Å². The molecule has 0 unspecified atom stereocenters. The highest BCUT2D eigenvalue weighted by atomic mass is 19.3. The molecule has 1 N–H and O–H groups in total. The Morgan fingerprint density at radius 1 is 1.00 bits per heavy atom. The summed E-state index contributed by atoms with van der Waals surface area (Å²) in [5.41, 5.74) is 2.09. The summed E-state index contributed by atoms with van der Waals surface area (Å²) in [5, 5.41) is 2.70. The van der Waals surface area contributed by atoms with E-state index in [1.807, 2.05) is 29.2 Å². The number of alkyl halides is 2. The van der Waals surface area contributed by atoms with Gasteiger partial charge in [0.15, 0.2) is 17.3 Å². The van der Waals surface area contributed by atoms with E-state index < -0.39 is 6.29 Å². The molecule has 0 aliphatic carbocycles. The molecule has 0 bridgehead atoms. The van der Waals surface area contributed by atoms with Crippen LogP contribution in [-0.4, -0.2) is 55.6 Å². The lowest BCUT2D eigenvalue weighted by atomic mass is 10.1. The Kier molecular flexibility index (Phi) is 5.29. The summed E-state index contributed by atoms with van der Waals surface area (Å²) in [6.45, 7) is 4.65. The van der Waals surface area contributed by atoms with Gasteiger partial charge in [-0.05, 0) is 43.3 Å². The van der Waals surface area contributed by atoms with E-state index in [1.165, 1.54) is 25.1 Å². The average molecular weight is 417 g/mol. The van der Waals surface area contributed by atoms with Crippen LogP contribution in [-0.2, 0) is 4.79 Å². The molecule has 0 atom stereocenters. The number of ether oxygens (including phenoxy) is 2. The maximum atomic E-state index is 13.1. The number of carbonyl (C=O) groups is 2. The van der Waals surface area contributed by atoms with E-state index in [-0.39, 0.29) is 29.7 Å². The summed E-state index contributed by atoms with van der Waals surface area (Å²) in [6.07, 6.45) is -3.68. The number of halogens is 2. The molecule has 1 amide bonds. The van der Waals surface area contributed by atoms with Crippen LogP contribution in [0.2, 0.25) is 0 Å². The fraction of sp³-hybridized carbons (Fsp3) is 0.333. The number of hydrogen-bond donors (Lipinski definition) is 1. The first-order chi connectivity index (χ1) is 14.3. The van der Waals surface area contributed by atoms with E-state index in [2.05, 4.69) is 19.7 Å². The predicted molar refractivity (Wildman–Crippen MR) is 106 cm³/mol. The molecule has 2 aromatic carbocycles. The molecular formula is C21H21F2N3O4. The predicted octanol–water partition coefficient (Wildman–Crippen LogP) is 2.97. The van der Waals surface area contributed by atoms with E-state index in [0.29, 0.717) is 24.3 Å². The fourth-order valence-corrected chi connectivity index (χ4v) is 3.50.